The largest absolute Gasteiger partial charge is 0.508 e. The molecule has 0 spiro atoms. The normalized spacial score (nSPS) is 14.1. The number of hydrogen-bond acceptors (Lipinski definition) is 17. The number of rotatable bonds is 35. The van der Waals surface area contributed by atoms with Crippen LogP contribution in [0.3, 0.4) is 0 Å². The summed E-state index contributed by atoms with van der Waals surface area (Å²) in [6.45, 7) is 0.532. The van der Waals surface area contributed by atoms with E-state index < -0.39 is 95.7 Å². The predicted octanol–water partition coefficient (Wildman–Crippen LogP) is -2.19. The molecule has 6 aromatic rings. The standard InChI is InChI=1S/C54H72N18O11/c55-15-3-1-5-40(66-47(75)39(57)19-33-23-58-27-62-33)48(76)70-44(20-34-24-59-28-63-34)52(80)68-42(17-31-7-11-37(73)12-8-31)50(78)67-41(6-2-4-16-56)49(77)71-45(21-35-25-60-29-64-35)53(81)69-43(18-32-9-13-38(74)14-10-32)51(79)72-46(54(82)83)22-36-26-61-30-65-36/h7-14,23-30,39-46,73-74H,1-6,15-22,55-57H2,(H,58,62)(H,59,63)(H,60,64)(H,61,65)(H,66,75)(H,67,78)(H,68,80)(H,69,81)(H,70,76)(H,71,77)(H,72,79)(H,82,83)/t39-,40-,41-,42-,43-,44-,45-,46-/m0/s1. The van der Waals surface area contributed by atoms with Gasteiger partial charge in [0.2, 0.25) is 41.4 Å². The zero-order valence-electron chi connectivity index (χ0n) is 45.4. The Balaban J connectivity index is 1.25. The number of H-pyrrole nitrogens is 4. The number of phenolic OH excluding ortho intramolecular Hbond substituents is 2. The zero-order valence-corrected chi connectivity index (χ0v) is 45.4. The van der Waals surface area contributed by atoms with Crippen LogP contribution in [-0.4, -0.2) is 164 Å². The molecule has 20 N–H and O–H groups in total. The van der Waals surface area contributed by atoms with Gasteiger partial charge in [0.25, 0.3) is 0 Å². The molecule has 0 unspecified atom stereocenters. The molecule has 0 saturated carbocycles. The third-order valence-electron chi connectivity index (χ3n) is 13.3. The van der Waals surface area contributed by atoms with E-state index in [1.54, 1.807) is 0 Å². The number of phenols is 2. The fourth-order valence-corrected chi connectivity index (χ4v) is 8.78. The first-order valence-electron chi connectivity index (χ1n) is 26.9. The second kappa shape index (κ2) is 32.1. The molecule has 6 rings (SSSR count). The monoisotopic (exact) mass is 1150 g/mol. The fraction of sp³-hybridized carbons (Fsp3) is 0.407. The van der Waals surface area contributed by atoms with Crippen LogP contribution >= 0.6 is 0 Å². The predicted molar refractivity (Wildman–Crippen MR) is 298 cm³/mol. The van der Waals surface area contributed by atoms with Crippen LogP contribution in [0, 0.1) is 0 Å². The van der Waals surface area contributed by atoms with Gasteiger partial charge < -0.3 is 89.7 Å². The summed E-state index contributed by atoms with van der Waals surface area (Å²) in [7, 11) is 0. The van der Waals surface area contributed by atoms with Crippen LogP contribution in [0.5, 0.6) is 11.5 Å². The first-order chi connectivity index (χ1) is 40.0. The van der Waals surface area contributed by atoms with Crippen molar-refractivity contribution in [2.75, 3.05) is 13.1 Å². The molecule has 4 aromatic heterocycles. The Morgan fingerprint density at radius 1 is 0.398 bits per heavy atom. The van der Waals surface area contributed by atoms with Gasteiger partial charge >= 0.3 is 5.97 Å². The lowest BCUT2D eigenvalue weighted by molar-refractivity contribution is -0.142. The summed E-state index contributed by atoms with van der Waals surface area (Å²) in [5, 5.41) is 49.0. The lowest BCUT2D eigenvalue weighted by atomic mass is 10.0. The highest BCUT2D eigenvalue weighted by Crippen LogP contribution is 2.16. The van der Waals surface area contributed by atoms with Crippen LogP contribution in [0.15, 0.2) is 98.6 Å². The van der Waals surface area contributed by atoms with Gasteiger partial charge in [0, 0.05) is 86.1 Å². The van der Waals surface area contributed by atoms with E-state index in [2.05, 4.69) is 77.1 Å². The maximum absolute atomic E-state index is 14.8. The van der Waals surface area contributed by atoms with Crippen molar-refractivity contribution in [3.05, 3.63) is 133 Å². The minimum absolute atomic E-state index is 0.0207. The highest BCUT2D eigenvalue weighted by atomic mass is 16.4. The number of carboxylic acid groups (broad SMARTS) is 1. The number of carboxylic acids is 1. The lowest BCUT2D eigenvalue weighted by Gasteiger charge is -2.28. The molecule has 0 radical (unpaired) electrons. The van der Waals surface area contributed by atoms with E-state index in [4.69, 9.17) is 17.2 Å². The smallest absolute Gasteiger partial charge is 0.326 e. The molecule has 83 heavy (non-hydrogen) atoms. The Morgan fingerprint density at radius 2 is 0.687 bits per heavy atom. The fourth-order valence-electron chi connectivity index (χ4n) is 8.78. The quantitative estimate of drug-likeness (QED) is 0.0188. The van der Waals surface area contributed by atoms with Crippen LogP contribution in [-0.2, 0) is 76.9 Å². The van der Waals surface area contributed by atoms with E-state index in [1.165, 1.54) is 98.6 Å². The van der Waals surface area contributed by atoms with E-state index in [9.17, 15) is 53.7 Å². The molecule has 0 aliphatic carbocycles. The lowest BCUT2D eigenvalue weighted by Crippen LogP contribution is -2.61. The SMILES string of the molecule is NCCCC[C@H](NC(=O)[C@H](Cc1ccc(O)cc1)NC(=O)[C@H](Cc1cnc[nH]1)NC(=O)[C@H](CCCCN)NC(=O)[C@@H](N)Cc1cnc[nH]1)C(=O)N[C@@H](Cc1cnc[nH]1)C(=O)N[C@@H](Cc1ccc(O)cc1)C(=O)N[C@@H](Cc1cnc[nH]1)C(=O)O. The van der Waals surface area contributed by atoms with Crippen molar-refractivity contribution in [1.82, 2.24) is 77.1 Å². The van der Waals surface area contributed by atoms with Gasteiger partial charge in [-0.2, -0.15) is 0 Å². The molecule has 0 aliphatic rings. The topological polar surface area (TPSA) is 474 Å². The van der Waals surface area contributed by atoms with E-state index in [0.717, 1.165) is 0 Å². The third-order valence-corrected chi connectivity index (χ3v) is 13.3. The number of nitrogens with two attached hydrogens (primary N) is 3. The molecular formula is C54H72N18O11. The van der Waals surface area contributed by atoms with Crippen molar-refractivity contribution < 1.29 is 53.7 Å². The van der Waals surface area contributed by atoms with Gasteiger partial charge in [-0.3, -0.25) is 33.6 Å². The Hall–Kier alpha value is -9.48. The highest BCUT2D eigenvalue weighted by molar-refractivity contribution is 5.98. The Kier molecular flexibility index (Phi) is 24.2. The van der Waals surface area contributed by atoms with Crippen molar-refractivity contribution in [3.63, 3.8) is 0 Å². The van der Waals surface area contributed by atoms with Crippen LogP contribution in [0.25, 0.3) is 0 Å². The van der Waals surface area contributed by atoms with Gasteiger partial charge in [-0.15, -0.1) is 0 Å². The van der Waals surface area contributed by atoms with Crippen LogP contribution in [0.2, 0.25) is 0 Å². The maximum Gasteiger partial charge on any atom is 0.326 e. The van der Waals surface area contributed by atoms with Gasteiger partial charge in [-0.05, 0) is 87.0 Å². The van der Waals surface area contributed by atoms with Crippen LogP contribution in [0.4, 0.5) is 0 Å². The second-order valence-corrected chi connectivity index (χ2v) is 19.8. The molecule has 444 valence electrons. The number of hydrogen-bond donors (Lipinski definition) is 17. The number of aliphatic carboxylic acids is 1. The average Bonchev–Trinajstić information content (AvgIpc) is 4.42. The van der Waals surface area contributed by atoms with Crippen molar-refractivity contribution in [1.29, 1.82) is 0 Å². The number of nitrogens with one attached hydrogen (secondary N) is 11. The van der Waals surface area contributed by atoms with E-state index >= 15 is 0 Å². The summed E-state index contributed by atoms with van der Waals surface area (Å²) >= 11 is 0. The van der Waals surface area contributed by atoms with Crippen LogP contribution in [0.1, 0.15) is 72.4 Å². The average molecular weight is 1150 g/mol. The van der Waals surface area contributed by atoms with Gasteiger partial charge in [-0.25, -0.2) is 24.7 Å². The Morgan fingerprint density at radius 3 is 1.01 bits per heavy atom. The number of nitrogens with zero attached hydrogens (tertiary/aromatic N) is 4. The second-order valence-electron chi connectivity index (χ2n) is 19.8. The molecule has 2 aromatic carbocycles. The number of amides is 7. The third kappa shape index (κ3) is 20.5. The summed E-state index contributed by atoms with van der Waals surface area (Å²) in [4.78, 5) is 140. The molecule has 29 nitrogen and oxygen atoms in total. The summed E-state index contributed by atoms with van der Waals surface area (Å²) in [6, 6.07) is 0.702. The van der Waals surface area contributed by atoms with Gasteiger partial charge in [0.05, 0.1) is 31.4 Å². The Bertz CT molecular complexity index is 2980. The van der Waals surface area contributed by atoms with E-state index in [1.807, 2.05) is 0 Å². The van der Waals surface area contributed by atoms with Gasteiger partial charge in [-0.1, -0.05) is 24.3 Å². The molecule has 29 heteroatoms. The summed E-state index contributed by atoms with van der Waals surface area (Å²) in [5.74, 6) is -7.25. The molecule has 7 amide bonds. The zero-order chi connectivity index (χ0) is 59.7. The number of carbonyl (C=O) groups is 8. The molecule has 4 heterocycles. The van der Waals surface area contributed by atoms with Gasteiger partial charge in [0.1, 0.15) is 53.8 Å². The minimum atomic E-state index is -1.47. The first kappa shape index (κ1) is 62.7. The molecule has 0 fully saturated rings. The van der Waals surface area contributed by atoms with Crippen molar-refractivity contribution in [2.45, 2.75) is 125 Å². The Labute approximate surface area is 476 Å². The molecular weight excluding hydrogens is 1080 g/mol. The van der Waals surface area contributed by atoms with Gasteiger partial charge in [0.15, 0.2) is 0 Å². The highest BCUT2D eigenvalue weighted by Gasteiger charge is 2.35. The summed E-state index contributed by atoms with van der Waals surface area (Å²) in [6.07, 6.45) is 12.2. The van der Waals surface area contributed by atoms with Crippen molar-refractivity contribution >= 4 is 47.3 Å². The number of aromatic hydroxyl groups is 2. The first-order valence-corrected chi connectivity index (χ1v) is 26.9. The number of imidazole rings is 4. The summed E-state index contributed by atoms with van der Waals surface area (Å²) in [5.41, 5.74) is 20.6. The molecule has 0 bridgehead atoms. The molecule has 0 saturated heterocycles. The van der Waals surface area contributed by atoms with Crippen molar-refractivity contribution in [2.24, 2.45) is 17.2 Å². The van der Waals surface area contributed by atoms with Crippen molar-refractivity contribution in [3.8, 4) is 11.5 Å². The number of aromatic nitrogens is 8. The van der Waals surface area contributed by atoms with E-state index in [0.29, 0.717) is 66.1 Å². The summed E-state index contributed by atoms with van der Waals surface area (Å²) < 4.78 is 0. The maximum atomic E-state index is 14.8. The number of carbonyl (C=O) groups excluding carboxylic acids is 7. The van der Waals surface area contributed by atoms with Crippen LogP contribution < -0.4 is 54.4 Å². The minimum Gasteiger partial charge on any atom is -0.508 e. The molecule has 0 aliphatic heterocycles. The number of benzene rings is 2. The number of unbranched alkanes of at least 4 members (excludes halogenated alkanes) is 2. The molecule has 8 atom stereocenters. The number of aromatic amines is 4. The van der Waals surface area contributed by atoms with E-state index in [-0.39, 0.29) is 69.4 Å².